The van der Waals surface area contributed by atoms with Crippen molar-refractivity contribution in [3.8, 4) is 11.5 Å². The number of rotatable bonds is 17. The van der Waals surface area contributed by atoms with Gasteiger partial charge >= 0.3 is 0 Å². The minimum absolute atomic E-state index is 0.341. The number of aryl methyl sites for hydroxylation is 1. The summed E-state index contributed by atoms with van der Waals surface area (Å²) in [6, 6.07) is 5.45. The minimum Gasteiger partial charge on any atom is -0.508 e. The minimum atomic E-state index is 0.341. The molecule has 0 saturated carbocycles. The van der Waals surface area contributed by atoms with Gasteiger partial charge in [-0.1, -0.05) is 90.4 Å². The monoisotopic (exact) mass is 362 g/mol. The van der Waals surface area contributed by atoms with E-state index in [1.165, 1.54) is 89.9 Å². The lowest BCUT2D eigenvalue weighted by atomic mass is 10.0. The number of aromatic hydroxyl groups is 1. The highest BCUT2D eigenvalue weighted by Crippen LogP contribution is 2.25. The van der Waals surface area contributed by atoms with Crippen LogP contribution < -0.4 is 4.74 Å². The molecule has 0 aliphatic rings. The van der Waals surface area contributed by atoms with Crippen molar-refractivity contribution in [1.82, 2.24) is 0 Å². The molecule has 0 fully saturated rings. The normalized spacial score (nSPS) is 11.0. The predicted octanol–water partition coefficient (Wildman–Crippen LogP) is 7.81. The van der Waals surface area contributed by atoms with Crippen molar-refractivity contribution in [2.45, 2.75) is 110 Å². The van der Waals surface area contributed by atoms with Crippen molar-refractivity contribution >= 4 is 0 Å². The predicted molar refractivity (Wildman–Crippen MR) is 113 cm³/mol. The Kier molecular flexibility index (Phi) is 14.1. The Morgan fingerprint density at radius 2 is 1.19 bits per heavy atom. The molecule has 1 aromatic carbocycles. The third kappa shape index (κ3) is 11.4. The third-order valence-corrected chi connectivity index (χ3v) is 5.14. The van der Waals surface area contributed by atoms with E-state index in [1.54, 1.807) is 6.07 Å². The molecule has 0 bridgehead atoms. The molecule has 2 nitrogen and oxygen atoms in total. The van der Waals surface area contributed by atoms with Crippen LogP contribution in [-0.4, -0.2) is 11.7 Å². The third-order valence-electron chi connectivity index (χ3n) is 5.14. The Bertz CT molecular complexity index is 442. The largest absolute Gasteiger partial charge is 0.508 e. The Labute approximate surface area is 162 Å². The van der Waals surface area contributed by atoms with E-state index in [1.807, 2.05) is 19.1 Å². The van der Waals surface area contributed by atoms with E-state index in [9.17, 15) is 5.11 Å². The van der Waals surface area contributed by atoms with Gasteiger partial charge in [-0.3, -0.25) is 0 Å². The molecule has 0 aromatic heterocycles. The fraction of sp³-hybridized carbons (Fsp3) is 0.750. The molecule has 0 radical (unpaired) electrons. The standard InChI is InChI=1S/C24H42O2/c1-3-5-6-7-8-9-10-11-12-13-14-15-16-17-18-22-21-23(25)19-20-24(22)26-4-2/h19-21,25H,3-18H2,1-2H3. The van der Waals surface area contributed by atoms with Crippen LogP contribution in [0.3, 0.4) is 0 Å². The SMILES string of the molecule is CCCCCCCCCCCCCCCCc1cc(O)ccc1OCC. The van der Waals surface area contributed by atoms with Crippen molar-refractivity contribution < 1.29 is 9.84 Å². The van der Waals surface area contributed by atoms with Crippen molar-refractivity contribution in [2.24, 2.45) is 0 Å². The summed E-state index contributed by atoms with van der Waals surface area (Å²) in [5.74, 6) is 1.27. The molecule has 2 heteroatoms. The molecule has 0 unspecified atom stereocenters. The zero-order valence-electron chi connectivity index (χ0n) is 17.4. The van der Waals surface area contributed by atoms with Gasteiger partial charge in [0.2, 0.25) is 0 Å². The van der Waals surface area contributed by atoms with Crippen molar-refractivity contribution in [2.75, 3.05) is 6.61 Å². The summed E-state index contributed by atoms with van der Waals surface area (Å²) in [6.45, 7) is 4.96. The first kappa shape index (κ1) is 22.9. The molecule has 0 spiro atoms. The first-order valence-electron chi connectivity index (χ1n) is 11.2. The molecule has 1 N–H and O–H groups in total. The summed E-state index contributed by atoms with van der Waals surface area (Å²) in [7, 11) is 0. The van der Waals surface area contributed by atoms with Crippen LogP contribution in [0, 0.1) is 0 Å². The fourth-order valence-electron chi connectivity index (χ4n) is 3.57. The fourth-order valence-corrected chi connectivity index (χ4v) is 3.57. The van der Waals surface area contributed by atoms with Crippen LogP contribution in [0.25, 0.3) is 0 Å². The van der Waals surface area contributed by atoms with Crippen LogP contribution in [0.5, 0.6) is 11.5 Å². The Morgan fingerprint density at radius 1 is 0.692 bits per heavy atom. The number of ether oxygens (including phenoxy) is 1. The Hall–Kier alpha value is -1.18. The maximum atomic E-state index is 9.67. The molecule has 1 rings (SSSR count). The highest BCUT2D eigenvalue weighted by atomic mass is 16.5. The molecule has 0 heterocycles. The van der Waals surface area contributed by atoms with Gasteiger partial charge in [-0.2, -0.15) is 0 Å². The number of phenols is 1. The smallest absolute Gasteiger partial charge is 0.122 e. The number of phenolic OH excluding ortho intramolecular Hbond substituents is 1. The molecule has 26 heavy (non-hydrogen) atoms. The second kappa shape index (κ2) is 16.0. The molecule has 150 valence electrons. The summed E-state index contributed by atoms with van der Waals surface area (Å²) in [5, 5.41) is 9.67. The average molecular weight is 363 g/mol. The van der Waals surface area contributed by atoms with Crippen LogP contribution in [0.4, 0.5) is 0 Å². The van der Waals surface area contributed by atoms with Gasteiger partial charge in [0.25, 0.3) is 0 Å². The van der Waals surface area contributed by atoms with E-state index < -0.39 is 0 Å². The molecule has 0 aliphatic carbocycles. The summed E-state index contributed by atoms with van der Waals surface area (Å²) >= 11 is 0. The van der Waals surface area contributed by atoms with Crippen LogP contribution in [0.2, 0.25) is 0 Å². The van der Waals surface area contributed by atoms with Gasteiger partial charge in [0.15, 0.2) is 0 Å². The van der Waals surface area contributed by atoms with E-state index in [4.69, 9.17) is 4.74 Å². The van der Waals surface area contributed by atoms with Crippen molar-refractivity contribution in [1.29, 1.82) is 0 Å². The average Bonchev–Trinajstić information content (AvgIpc) is 2.64. The second-order valence-corrected chi connectivity index (χ2v) is 7.57. The topological polar surface area (TPSA) is 29.5 Å². The quantitative estimate of drug-likeness (QED) is 0.286. The van der Waals surface area contributed by atoms with Gasteiger partial charge in [0.05, 0.1) is 6.61 Å². The van der Waals surface area contributed by atoms with Gasteiger partial charge in [0, 0.05) is 0 Å². The van der Waals surface area contributed by atoms with E-state index in [-0.39, 0.29) is 0 Å². The zero-order chi connectivity index (χ0) is 18.9. The molecule has 0 amide bonds. The molecule has 0 aliphatic heterocycles. The zero-order valence-corrected chi connectivity index (χ0v) is 17.4. The van der Waals surface area contributed by atoms with Gasteiger partial charge in [-0.05, 0) is 43.5 Å². The lowest BCUT2D eigenvalue weighted by molar-refractivity contribution is 0.335. The highest BCUT2D eigenvalue weighted by Gasteiger charge is 2.04. The van der Waals surface area contributed by atoms with E-state index in [2.05, 4.69) is 6.92 Å². The number of benzene rings is 1. The highest BCUT2D eigenvalue weighted by molar-refractivity contribution is 5.39. The number of unbranched alkanes of at least 4 members (excludes halogenated alkanes) is 13. The van der Waals surface area contributed by atoms with E-state index in [0.717, 1.165) is 17.7 Å². The van der Waals surface area contributed by atoms with Gasteiger partial charge in [-0.25, -0.2) is 0 Å². The molecule has 0 atom stereocenters. The van der Waals surface area contributed by atoms with E-state index >= 15 is 0 Å². The molecule has 0 saturated heterocycles. The Morgan fingerprint density at radius 3 is 1.69 bits per heavy atom. The summed E-state index contributed by atoms with van der Waals surface area (Å²) in [4.78, 5) is 0. The Balaban J connectivity index is 1.94. The van der Waals surface area contributed by atoms with Crippen LogP contribution in [0.1, 0.15) is 109 Å². The molecule has 1 aromatic rings. The lowest BCUT2D eigenvalue weighted by Gasteiger charge is -2.10. The maximum Gasteiger partial charge on any atom is 0.122 e. The van der Waals surface area contributed by atoms with Crippen molar-refractivity contribution in [3.05, 3.63) is 23.8 Å². The maximum absolute atomic E-state index is 9.67. The van der Waals surface area contributed by atoms with E-state index in [0.29, 0.717) is 12.4 Å². The first-order valence-corrected chi connectivity index (χ1v) is 11.2. The van der Waals surface area contributed by atoms with Gasteiger partial charge in [0.1, 0.15) is 11.5 Å². The number of hydrogen-bond donors (Lipinski definition) is 1. The lowest BCUT2D eigenvalue weighted by Crippen LogP contribution is -1.97. The summed E-state index contributed by atoms with van der Waals surface area (Å²) < 4.78 is 5.65. The van der Waals surface area contributed by atoms with Crippen LogP contribution in [0.15, 0.2) is 18.2 Å². The van der Waals surface area contributed by atoms with Gasteiger partial charge < -0.3 is 9.84 Å². The summed E-state index contributed by atoms with van der Waals surface area (Å²) in [5.41, 5.74) is 1.14. The van der Waals surface area contributed by atoms with Crippen LogP contribution >= 0.6 is 0 Å². The molecular weight excluding hydrogens is 320 g/mol. The summed E-state index contributed by atoms with van der Waals surface area (Å²) in [6.07, 6.45) is 20.4. The van der Waals surface area contributed by atoms with Crippen LogP contribution in [-0.2, 0) is 6.42 Å². The molecular formula is C24H42O2. The van der Waals surface area contributed by atoms with Gasteiger partial charge in [-0.15, -0.1) is 0 Å². The first-order chi connectivity index (χ1) is 12.8. The number of hydrogen-bond acceptors (Lipinski definition) is 2. The second-order valence-electron chi connectivity index (χ2n) is 7.57. The van der Waals surface area contributed by atoms with Crippen molar-refractivity contribution in [3.63, 3.8) is 0 Å².